The third-order valence-electron chi connectivity index (χ3n) is 2.81. The third kappa shape index (κ3) is 4.69. The quantitative estimate of drug-likeness (QED) is 0.858. The Hall–Kier alpha value is -1.65. The van der Waals surface area contributed by atoms with E-state index in [0.717, 1.165) is 18.7 Å². The van der Waals surface area contributed by atoms with Gasteiger partial charge >= 0.3 is 0 Å². The molecule has 0 fully saturated rings. The Bertz CT molecular complexity index is 587. The Labute approximate surface area is 129 Å². The first-order chi connectivity index (χ1) is 10.1. The van der Waals surface area contributed by atoms with E-state index < -0.39 is 5.82 Å². The van der Waals surface area contributed by atoms with Crippen LogP contribution in [0.1, 0.15) is 19.4 Å². The van der Waals surface area contributed by atoms with E-state index in [2.05, 4.69) is 24.1 Å². The van der Waals surface area contributed by atoms with Crippen molar-refractivity contribution in [3.8, 4) is 11.6 Å². The Morgan fingerprint density at radius 1 is 1.29 bits per heavy atom. The van der Waals surface area contributed by atoms with Gasteiger partial charge in [-0.25, -0.2) is 9.37 Å². The van der Waals surface area contributed by atoms with Crippen molar-refractivity contribution in [2.45, 2.75) is 20.4 Å². The van der Waals surface area contributed by atoms with Gasteiger partial charge < -0.3 is 10.1 Å². The number of benzene rings is 1. The van der Waals surface area contributed by atoms with Crippen LogP contribution in [-0.4, -0.2) is 11.5 Å². The van der Waals surface area contributed by atoms with Crippen LogP contribution in [0, 0.1) is 11.7 Å². The van der Waals surface area contributed by atoms with Crippen LogP contribution in [0.5, 0.6) is 11.6 Å². The molecule has 0 saturated carbocycles. The topological polar surface area (TPSA) is 34.1 Å². The largest absolute Gasteiger partial charge is 0.436 e. The van der Waals surface area contributed by atoms with Crippen LogP contribution in [0.25, 0.3) is 0 Å². The summed E-state index contributed by atoms with van der Waals surface area (Å²) in [5.41, 5.74) is 1.05. The SMILES string of the molecule is CC(C)CNCc1ccc(Oc2cccc(Cl)c2F)nc1. The monoisotopic (exact) mass is 308 g/mol. The molecule has 0 radical (unpaired) electrons. The highest BCUT2D eigenvalue weighted by atomic mass is 35.5. The maximum absolute atomic E-state index is 13.7. The first-order valence-corrected chi connectivity index (χ1v) is 7.21. The van der Waals surface area contributed by atoms with Gasteiger partial charge in [0.1, 0.15) is 0 Å². The number of halogens is 2. The molecule has 0 aliphatic rings. The molecule has 3 nitrogen and oxygen atoms in total. The molecule has 1 N–H and O–H groups in total. The number of aromatic nitrogens is 1. The second-order valence-corrected chi connectivity index (χ2v) is 5.59. The van der Waals surface area contributed by atoms with Crippen molar-refractivity contribution in [1.82, 2.24) is 10.3 Å². The van der Waals surface area contributed by atoms with Gasteiger partial charge in [0.05, 0.1) is 5.02 Å². The molecule has 0 amide bonds. The fraction of sp³-hybridized carbons (Fsp3) is 0.312. The van der Waals surface area contributed by atoms with Gasteiger partial charge in [-0.15, -0.1) is 0 Å². The Kier molecular flexibility index (Phi) is 5.53. The summed E-state index contributed by atoms with van der Waals surface area (Å²) in [6.07, 6.45) is 1.71. The van der Waals surface area contributed by atoms with Crippen LogP contribution in [0.4, 0.5) is 4.39 Å². The van der Waals surface area contributed by atoms with Crippen molar-refractivity contribution in [3.63, 3.8) is 0 Å². The zero-order valence-electron chi connectivity index (χ0n) is 12.1. The molecular formula is C16H18ClFN2O. The molecule has 0 unspecified atom stereocenters. The fourth-order valence-corrected chi connectivity index (χ4v) is 1.92. The van der Waals surface area contributed by atoms with Crippen LogP contribution in [0.15, 0.2) is 36.5 Å². The van der Waals surface area contributed by atoms with Crippen molar-refractivity contribution in [2.24, 2.45) is 5.92 Å². The second kappa shape index (κ2) is 7.38. The van der Waals surface area contributed by atoms with Gasteiger partial charge in [0, 0.05) is 18.8 Å². The minimum Gasteiger partial charge on any atom is -0.436 e. The first kappa shape index (κ1) is 15.7. The van der Waals surface area contributed by atoms with E-state index >= 15 is 0 Å². The lowest BCUT2D eigenvalue weighted by molar-refractivity contribution is 0.427. The number of ether oxygens (including phenoxy) is 1. The predicted molar refractivity (Wildman–Crippen MR) is 82.3 cm³/mol. The van der Waals surface area contributed by atoms with E-state index in [-0.39, 0.29) is 10.8 Å². The number of nitrogens with one attached hydrogen (secondary N) is 1. The smallest absolute Gasteiger partial charge is 0.219 e. The Morgan fingerprint density at radius 2 is 2.10 bits per heavy atom. The fourth-order valence-electron chi connectivity index (χ4n) is 1.76. The number of pyridine rings is 1. The molecule has 0 spiro atoms. The van der Waals surface area contributed by atoms with E-state index in [4.69, 9.17) is 16.3 Å². The van der Waals surface area contributed by atoms with Crippen molar-refractivity contribution in [1.29, 1.82) is 0 Å². The van der Waals surface area contributed by atoms with E-state index in [1.165, 1.54) is 12.1 Å². The van der Waals surface area contributed by atoms with Gasteiger partial charge in [0.25, 0.3) is 0 Å². The van der Waals surface area contributed by atoms with Crippen molar-refractivity contribution < 1.29 is 9.13 Å². The van der Waals surface area contributed by atoms with Gasteiger partial charge in [0.15, 0.2) is 11.6 Å². The van der Waals surface area contributed by atoms with E-state index in [1.807, 2.05) is 6.07 Å². The highest BCUT2D eigenvalue weighted by Crippen LogP contribution is 2.27. The lowest BCUT2D eigenvalue weighted by atomic mass is 10.2. The minimum absolute atomic E-state index is 0.0296. The van der Waals surface area contributed by atoms with Gasteiger partial charge in [-0.1, -0.05) is 37.6 Å². The molecule has 2 rings (SSSR count). The van der Waals surface area contributed by atoms with Gasteiger partial charge in [-0.05, 0) is 30.2 Å². The summed E-state index contributed by atoms with van der Waals surface area (Å²) in [4.78, 5) is 4.17. The summed E-state index contributed by atoms with van der Waals surface area (Å²) in [6, 6.07) is 8.23. The molecule has 0 aliphatic heterocycles. The molecule has 1 heterocycles. The zero-order valence-corrected chi connectivity index (χ0v) is 12.8. The van der Waals surface area contributed by atoms with Crippen LogP contribution < -0.4 is 10.1 Å². The van der Waals surface area contributed by atoms with Crippen molar-refractivity contribution in [2.75, 3.05) is 6.54 Å². The van der Waals surface area contributed by atoms with Crippen LogP contribution >= 0.6 is 11.6 Å². The maximum atomic E-state index is 13.7. The molecule has 0 bridgehead atoms. The maximum Gasteiger partial charge on any atom is 0.219 e. The predicted octanol–water partition coefficient (Wildman–Crippen LogP) is 4.41. The molecule has 112 valence electrons. The summed E-state index contributed by atoms with van der Waals surface area (Å²) >= 11 is 5.70. The number of nitrogens with zero attached hydrogens (tertiary/aromatic N) is 1. The standard InChI is InChI=1S/C16H18ClFN2O/c1-11(2)8-19-9-12-6-7-15(20-10-12)21-14-5-3-4-13(17)16(14)18/h3-7,10-11,19H,8-9H2,1-2H3. The number of hydrogen-bond donors (Lipinski definition) is 1. The number of rotatable bonds is 6. The highest BCUT2D eigenvalue weighted by molar-refractivity contribution is 6.30. The van der Waals surface area contributed by atoms with Crippen molar-refractivity contribution in [3.05, 3.63) is 52.9 Å². The molecule has 1 aromatic carbocycles. The summed E-state index contributed by atoms with van der Waals surface area (Å²) in [5, 5.41) is 3.36. The molecule has 5 heteroatoms. The molecule has 0 saturated heterocycles. The minimum atomic E-state index is -0.580. The van der Waals surface area contributed by atoms with Crippen LogP contribution in [0.3, 0.4) is 0 Å². The van der Waals surface area contributed by atoms with Crippen LogP contribution in [0.2, 0.25) is 5.02 Å². The van der Waals surface area contributed by atoms with E-state index in [9.17, 15) is 4.39 Å². The van der Waals surface area contributed by atoms with E-state index in [0.29, 0.717) is 11.8 Å². The first-order valence-electron chi connectivity index (χ1n) is 6.84. The summed E-state index contributed by atoms with van der Waals surface area (Å²) in [6.45, 7) is 6.01. The molecule has 1 aromatic heterocycles. The zero-order chi connectivity index (χ0) is 15.2. The normalized spacial score (nSPS) is 10.9. The van der Waals surface area contributed by atoms with Gasteiger partial charge in [0.2, 0.25) is 5.88 Å². The third-order valence-corrected chi connectivity index (χ3v) is 3.10. The van der Waals surface area contributed by atoms with Crippen LogP contribution in [-0.2, 0) is 6.54 Å². The molecule has 0 atom stereocenters. The summed E-state index contributed by atoms with van der Waals surface area (Å²) in [5.74, 6) is 0.430. The van der Waals surface area contributed by atoms with Gasteiger partial charge in [-0.3, -0.25) is 0 Å². The van der Waals surface area contributed by atoms with E-state index in [1.54, 1.807) is 18.3 Å². The number of hydrogen-bond acceptors (Lipinski definition) is 3. The second-order valence-electron chi connectivity index (χ2n) is 5.18. The summed E-state index contributed by atoms with van der Waals surface area (Å²) in [7, 11) is 0. The average Bonchev–Trinajstić information content (AvgIpc) is 2.45. The van der Waals surface area contributed by atoms with Crippen molar-refractivity contribution >= 4 is 11.6 Å². The highest BCUT2D eigenvalue weighted by Gasteiger charge is 2.08. The lowest BCUT2D eigenvalue weighted by Gasteiger charge is -2.09. The molecular weight excluding hydrogens is 291 g/mol. The molecule has 21 heavy (non-hydrogen) atoms. The molecule has 2 aromatic rings. The Balaban J connectivity index is 1.97. The lowest BCUT2D eigenvalue weighted by Crippen LogP contribution is -2.18. The summed E-state index contributed by atoms with van der Waals surface area (Å²) < 4.78 is 19.1. The molecule has 0 aliphatic carbocycles. The average molecular weight is 309 g/mol. The van der Waals surface area contributed by atoms with Gasteiger partial charge in [-0.2, -0.15) is 0 Å². The Morgan fingerprint density at radius 3 is 2.76 bits per heavy atom.